The normalized spacial score (nSPS) is 26.8. The quantitative estimate of drug-likeness (QED) is 0.915. The predicted molar refractivity (Wildman–Crippen MR) is 73.9 cm³/mol. The van der Waals surface area contributed by atoms with Gasteiger partial charge in [-0.25, -0.2) is 0 Å². The van der Waals surface area contributed by atoms with Gasteiger partial charge in [0.15, 0.2) is 0 Å². The molecule has 102 valence electrons. The monoisotopic (exact) mass is 270 g/mol. The molecule has 0 amide bonds. The van der Waals surface area contributed by atoms with Gasteiger partial charge in [0.05, 0.1) is 22.0 Å². The van der Waals surface area contributed by atoms with Crippen molar-refractivity contribution in [3.05, 3.63) is 16.4 Å². The lowest BCUT2D eigenvalue weighted by Crippen LogP contribution is -2.42. The summed E-state index contributed by atoms with van der Waals surface area (Å²) in [5.41, 5.74) is 1.13. The van der Waals surface area contributed by atoms with Crippen molar-refractivity contribution >= 4 is 11.6 Å². The van der Waals surface area contributed by atoms with E-state index in [1.54, 1.807) is 0 Å². The van der Waals surface area contributed by atoms with E-state index in [0.717, 1.165) is 37.2 Å². The molecule has 0 spiro atoms. The van der Waals surface area contributed by atoms with Gasteiger partial charge in [-0.3, -0.25) is 4.68 Å². The van der Waals surface area contributed by atoms with Gasteiger partial charge in [-0.05, 0) is 38.5 Å². The lowest BCUT2D eigenvalue weighted by atomic mass is 9.75. The highest BCUT2D eigenvalue weighted by Crippen LogP contribution is 2.48. The summed E-state index contributed by atoms with van der Waals surface area (Å²) in [6, 6.07) is 0. The average Bonchev–Trinajstić information content (AvgIpc) is 2.70. The Hall–Kier alpha value is -0.540. The second-order valence-electron chi connectivity index (χ2n) is 6.11. The van der Waals surface area contributed by atoms with Crippen LogP contribution in [-0.2, 0) is 13.0 Å². The van der Waals surface area contributed by atoms with Gasteiger partial charge in [-0.15, -0.1) is 0 Å². The van der Waals surface area contributed by atoms with Crippen LogP contribution in [0.15, 0.2) is 0 Å². The van der Waals surface area contributed by atoms with Crippen molar-refractivity contribution in [2.24, 2.45) is 5.41 Å². The minimum absolute atomic E-state index is 0.0485. The Morgan fingerprint density at radius 3 is 2.56 bits per heavy atom. The van der Waals surface area contributed by atoms with E-state index in [2.05, 4.69) is 25.9 Å². The smallest absolute Gasteiger partial charge is 0.0848 e. The predicted octanol–water partition coefficient (Wildman–Crippen LogP) is 3.35. The summed E-state index contributed by atoms with van der Waals surface area (Å²) in [6.45, 7) is 9.05. The molecule has 18 heavy (non-hydrogen) atoms. The topological polar surface area (TPSA) is 38.0 Å². The molecule has 0 aliphatic heterocycles. The van der Waals surface area contributed by atoms with E-state index in [4.69, 9.17) is 11.6 Å². The molecule has 1 N–H and O–H groups in total. The summed E-state index contributed by atoms with van der Waals surface area (Å²) >= 11 is 6.33. The Kier molecular flexibility index (Phi) is 3.50. The Labute approximate surface area is 114 Å². The zero-order chi connectivity index (χ0) is 13.6. The van der Waals surface area contributed by atoms with Crippen LogP contribution < -0.4 is 0 Å². The molecule has 0 aromatic carbocycles. The largest absolute Gasteiger partial charge is 0.389 e. The lowest BCUT2D eigenvalue weighted by molar-refractivity contribution is -0.0433. The van der Waals surface area contributed by atoms with Gasteiger partial charge in [0, 0.05) is 13.0 Å². The molecular formula is C14H23ClN2O. The number of hydrogen-bond donors (Lipinski definition) is 1. The Bertz CT molecular complexity index is 453. The fourth-order valence-electron chi connectivity index (χ4n) is 3.04. The number of aliphatic hydroxyl groups is 1. The molecule has 4 heteroatoms. The van der Waals surface area contributed by atoms with E-state index < -0.39 is 5.60 Å². The van der Waals surface area contributed by atoms with Gasteiger partial charge < -0.3 is 5.11 Å². The third-order valence-corrected chi connectivity index (χ3v) is 5.06. The second kappa shape index (κ2) is 4.53. The van der Waals surface area contributed by atoms with E-state index in [9.17, 15) is 5.11 Å². The summed E-state index contributed by atoms with van der Waals surface area (Å²) in [7, 11) is 0. The molecule has 0 bridgehead atoms. The fourth-order valence-corrected chi connectivity index (χ4v) is 3.24. The molecule has 1 aromatic rings. The highest BCUT2D eigenvalue weighted by molar-refractivity contribution is 6.31. The van der Waals surface area contributed by atoms with Crippen LogP contribution in [0.25, 0.3) is 0 Å². The van der Waals surface area contributed by atoms with Gasteiger partial charge in [-0.1, -0.05) is 25.4 Å². The van der Waals surface area contributed by atoms with Crippen LogP contribution in [0.1, 0.15) is 51.4 Å². The van der Waals surface area contributed by atoms with E-state index in [-0.39, 0.29) is 5.41 Å². The number of rotatable bonds is 3. The van der Waals surface area contributed by atoms with E-state index in [1.165, 1.54) is 0 Å². The van der Waals surface area contributed by atoms with E-state index in [1.807, 2.05) is 11.6 Å². The maximum atomic E-state index is 10.9. The summed E-state index contributed by atoms with van der Waals surface area (Å²) in [6.07, 6.45) is 3.61. The molecule has 3 nitrogen and oxygen atoms in total. The van der Waals surface area contributed by atoms with Crippen LogP contribution in [0.3, 0.4) is 0 Å². The first-order valence-corrected chi connectivity index (χ1v) is 7.13. The number of halogens is 1. The number of aromatic nitrogens is 2. The first-order valence-electron chi connectivity index (χ1n) is 6.75. The molecule has 0 saturated heterocycles. The van der Waals surface area contributed by atoms with Gasteiger partial charge in [0.2, 0.25) is 0 Å². The van der Waals surface area contributed by atoms with Crippen LogP contribution >= 0.6 is 11.6 Å². The molecular weight excluding hydrogens is 248 g/mol. The van der Waals surface area contributed by atoms with Crippen LogP contribution in [0.5, 0.6) is 0 Å². The van der Waals surface area contributed by atoms with Crippen LogP contribution in [0.2, 0.25) is 5.02 Å². The lowest BCUT2D eigenvalue weighted by Gasteiger charge is -2.37. The average molecular weight is 271 g/mol. The highest BCUT2D eigenvalue weighted by Gasteiger charge is 2.48. The van der Waals surface area contributed by atoms with Crippen molar-refractivity contribution in [2.45, 2.75) is 65.5 Å². The molecule has 1 atom stereocenters. The third kappa shape index (κ3) is 2.08. The number of aryl methyl sites for hydroxylation is 2. The van der Waals surface area contributed by atoms with Crippen LogP contribution in [0.4, 0.5) is 0 Å². The minimum atomic E-state index is -0.657. The third-order valence-electron chi connectivity index (χ3n) is 4.56. The first-order chi connectivity index (χ1) is 8.31. The molecule has 1 fully saturated rings. The summed E-state index contributed by atoms with van der Waals surface area (Å²) in [4.78, 5) is 0. The fraction of sp³-hybridized carbons (Fsp3) is 0.786. The molecule has 1 aromatic heterocycles. The van der Waals surface area contributed by atoms with Crippen LogP contribution in [-0.4, -0.2) is 20.5 Å². The van der Waals surface area contributed by atoms with E-state index >= 15 is 0 Å². The molecule has 2 rings (SSSR count). The van der Waals surface area contributed by atoms with Gasteiger partial charge in [-0.2, -0.15) is 5.10 Å². The molecule has 1 heterocycles. The zero-order valence-electron chi connectivity index (χ0n) is 11.8. The zero-order valence-corrected chi connectivity index (χ0v) is 12.5. The van der Waals surface area contributed by atoms with Crippen molar-refractivity contribution in [2.75, 3.05) is 0 Å². The van der Waals surface area contributed by atoms with Crippen molar-refractivity contribution in [3.8, 4) is 0 Å². The second-order valence-corrected chi connectivity index (χ2v) is 6.49. The molecule has 0 radical (unpaired) electrons. The first kappa shape index (κ1) is 13.9. The summed E-state index contributed by atoms with van der Waals surface area (Å²) < 4.78 is 1.92. The van der Waals surface area contributed by atoms with Crippen LogP contribution in [0, 0.1) is 12.3 Å². The Morgan fingerprint density at radius 2 is 2.06 bits per heavy atom. The van der Waals surface area contributed by atoms with Crippen molar-refractivity contribution in [1.29, 1.82) is 0 Å². The SMILES string of the molecule is CCn1nc(C)c(Cl)c1CC1(O)CCCC1(C)C. The van der Waals surface area contributed by atoms with E-state index in [0.29, 0.717) is 11.4 Å². The number of nitrogens with zero attached hydrogens (tertiary/aromatic N) is 2. The molecule has 1 aliphatic rings. The maximum absolute atomic E-state index is 10.9. The Morgan fingerprint density at radius 1 is 1.39 bits per heavy atom. The summed E-state index contributed by atoms with van der Waals surface area (Å²) in [5.74, 6) is 0. The highest BCUT2D eigenvalue weighted by atomic mass is 35.5. The van der Waals surface area contributed by atoms with Crippen molar-refractivity contribution in [3.63, 3.8) is 0 Å². The van der Waals surface area contributed by atoms with Crippen molar-refractivity contribution < 1.29 is 5.11 Å². The molecule has 1 aliphatic carbocycles. The number of hydrogen-bond acceptors (Lipinski definition) is 2. The van der Waals surface area contributed by atoms with Crippen molar-refractivity contribution in [1.82, 2.24) is 9.78 Å². The minimum Gasteiger partial charge on any atom is -0.389 e. The Balaban J connectivity index is 2.34. The van der Waals surface area contributed by atoms with Gasteiger partial charge in [0.1, 0.15) is 0 Å². The standard InChI is InChI=1S/C14H23ClN2O/c1-5-17-11(12(15)10(2)16-17)9-14(18)8-6-7-13(14,3)4/h18H,5-9H2,1-4H3. The molecule has 1 saturated carbocycles. The molecule has 1 unspecified atom stereocenters. The van der Waals surface area contributed by atoms with Gasteiger partial charge >= 0.3 is 0 Å². The maximum Gasteiger partial charge on any atom is 0.0848 e. The summed E-state index contributed by atoms with van der Waals surface area (Å²) in [5, 5.41) is 16.1. The van der Waals surface area contributed by atoms with Gasteiger partial charge in [0.25, 0.3) is 0 Å².